The van der Waals surface area contributed by atoms with Crippen molar-refractivity contribution >= 4 is 12.4 Å². The van der Waals surface area contributed by atoms with E-state index in [1.54, 1.807) is 0 Å². The lowest BCUT2D eigenvalue weighted by Gasteiger charge is -2.26. The molecule has 0 bridgehead atoms. The van der Waals surface area contributed by atoms with Crippen molar-refractivity contribution in [3.8, 4) is 0 Å². The largest absolute Gasteiger partial charge is 0.244 e. The van der Waals surface area contributed by atoms with Gasteiger partial charge in [0.05, 0.1) is 5.92 Å². The van der Waals surface area contributed by atoms with Crippen molar-refractivity contribution in [2.75, 3.05) is 0 Å². The molecule has 0 N–H and O–H groups in total. The van der Waals surface area contributed by atoms with Crippen molar-refractivity contribution in [1.82, 2.24) is 0 Å². The molecule has 2 atom stereocenters. The van der Waals surface area contributed by atoms with Gasteiger partial charge < -0.3 is 0 Å². The fourth-order valence-corrected chi connectivity index (χ4v) is 5.07. The van der Waals surface area contributed by atoms with E-state index >= 15 is 0 Å². The molecule has 0 saturated heterocycles. The monoisotopic (exact) mass is 437 g/mol. The van der Waals surface area contributed by atoms with Gasteiger partial charge in [-0.1, -0.05) is 144 Å². The number of hydrogen-bond acceptors (Lipinski definition) is 2. The van der Waals surface area contributed by atoms with Gasteiger partial charge in [-0.3, -0.25) is 0 Å². The van der Waals surface area contributed by atoms with Gasteiger partial charge in [0.2, 0.25) is 6.17 Å². The predicted octanol–water partition coefficient (Wildman–Crippen LogP) is 9.39. The summed E-state index contributed by atoms with van der Waals surface area (Å²) in [7, 11) is 0. The highest BCUT2D eigenvalue weighted by molar-refractivity contribution is 6.18. The fourth-order valence-electron chi connectivity index (χ4n) is 5.07. The van der Waals surface area contributed by atoms with Crippen LogP contribution < -0.4 is 0 Å². The average Bonchev–Trinajstić information content (AvgIpc) is 3.35. The highest BCUT2D eigenvalue weighted by Gasteiger charge is 2.35. The lowest BCUT2D eigenvalue weighted by Crippen LogP contribution is -2.22. The first-order chi connectivity index (χ1) is 15.8. The molecule has 1 aliphatic rings. The first kappa shape index (κ1) is 26.7. The quantitative estimate of drug-likeness (QED) is 0.143. The molecule has 2 heteroatoms. The number of aliphatic imine (C=N–C) groups is 2. The molecular formula is C30H49N2+. The second kappa shape index (κ2) is 17.9. The van der Waals surface area contributed by atoms with Crippen LogP contribution in [0.3, 0.4) is 0 Å². The van der Waals surface area contributed by atoms with Crippen molar-refractivity contribution in [1.29, 1.82) is 0 Å². The lowest BCUT2D eigenvalue weighted by molar-refractivity contribution is 0.284. The maximum absolute atomic E-state index is 4.69. The summed E-state index contributed by atoms with van der Waals surface area (Å²) in [5.74, 6) is 1.15. The van der Waals surface area contributed by atoms with E-state index in [2.05, 4.69) is 54.2 Å². The molecule has 0 aliphatic carbocycles. The van der Waals surface area contributed by atoms with Gasteiger partial charge in [-0.2, -0.15) is 0 Å². The van der Waals surface area contributed by atoms with E-state index in [0.29, 0.717) is 11.8 Å². The van der Waals surface area contributed by atoms with Gasteiger partial charge in [0, 0.05) is 0 Å². The molecule has 2 rings (SSSR count). The number of hydrogen-bond donors (Lipinski definition) is 0. The Morgan fingerprint density at radius 2 is 1.12 bits per heavy atom. The minimum absolute atomic E-state index is 0.501. The minimum Gasteiger partial charge on any atom is -0.0965 e. The van der Waals surface area contributed by atoms with Gasteiger partial charge in [-0.15, -0.1) is 0 Å². The smallest absolute Gasteiger partial charge is 0.0965 e. The highest BCUT2D eigenvalue weighted by atomic mass is 15.0. The number of nitrogens with zero attached hydrogens (tertiary/aromatic N) is 2. The van der Waals surface area contributed by atoms with Crippen molar-refractivity contribution in [3.63, 3.8) is 0 Å². The second-order valence-corrected chi connectivity index (χ2v) is 9.79. The Morgan fingerprint density at radius 3 is 1.69 bits per heavy atom. The molecule has 1 aromatic rings. The molecule has 1 aromatic carbocycles. The molecule has 0 aromatic heterocycles. The Hall–Kier alpha value is -1.57. The molecule has 2 unspecified atom stereocenters. The molecule has 32 heavy (non-hydrogen) atoms. The average molecular weight is 438 g/mol. The van der Waals surface area contributed by atoms with Crippen molar-refractivity contribution in [3.05, 3.63) is 42.1 Å². The summed E-state index contributed by atoms with van der Waals surface area (Å²) in [5.41, 5.74) is 1.47. The maximum atomic E-state index is 4.69. The standard InChI is InChI=1S/C30H49N2/c1-3-5-7-9-11-13-18-22-28(26-27-20-16-15-17-21-27)29(30-31-24-25-32-30)23-19-14-12-10-8-6-4-2/h15-17,20-21,24-25,28-29H,3-14,18-19,22-23,26H2,1-2H3/q+1. The van der Waals surface area contributed by atoms with Crippen LogP contribution in [0.5, 0.6) is 0 Å². The maximum Gasteiger partial charge on any atom is 0.244 e. The van der Waals surface area contributed by atoms with E-state index in [1.807, 2.05) is 12.4 Å². The zero-order valence-corrected chi connectivity index (χ0v) is 21.1. The van der Waals surface area contributed by atoms with Gasteiger partial charge in [-0.25, -0.2) is 0 Å². The van der Waals surface area contributed by atoms with Crippen LogP contribution in [0, 0.1) is 18.0 Å². The van der Waals surface area contributed by atoms with E-state index in [4.69, 9.17) is 0 Å². The molecule has 0 fully saturated rings. The zero-order chi connectivity index (χ0) is 22.7. The number of benzene rings is 1. The predicted molar refractivity (Wildman–Crippen MR) is 143 cm³/mol. The molecular weight excluding hydrogens is 388 g/mol. The third-order valence-electron chi connectivity index (χ3n) is 7.02. The zero-order valence-electron chi connectivity index (χ0n) is 21.1. The van der Waals surface area contributed by atoms with Crippen LogP contribution in [0.2, 0.25) is 0 Å². The van der Waals surface area contributed by atoms with E-state index < -0.39 is 0 Å². The number of unbranched alkanes of at least 4 members (excludes halogenated alkanes) is 12. The molecule has 0 radical (unpaired) electrons. The van der Waals surface area contributed by atoms with Gasteiger partial charge in [0.1, 0.15) is 0 Å². The van der Waals surface area contributed by atoms with E-state index in [-0.39, 0.29) is 0 Å². The summed E-state index contributed by atoms with van der Waals surface area (Å²) in [6.07, 6.45) is 27.8. The van der Waals surface area contributed by atoms with Crippen LogP contribution in [-0.2, 0) is 6.42 Å². The third-order valence-corrected chi connectivity index (χ3v) is 7.02. The normalized spacial score (nSPS) is 14.9. The van der Waals surface area contributed by atoms with E-state index in [0.717, 1.165) is 12.6 Å². The van der Waals surface area contributed by atoms with Crippen molar-refractivity contribution in [2.45, 2.75) is 123 Å². The molecule has 2 nitrogen and oxygen atoms in total. The van der Waals surface area contributed by atoms with Crippen LogP contribution in [0.15, 0.2) is 40.3 Å². The number of rotatable bonds is 20. The Morgan fingerprint density at radius 1 is 0.625 bits per heavy atom. The van der Waals surface area contributed by atoms with E-state index in [9.17, 15) is 0 Å². The highest BCUT2D eigenvalue weighted by Crippen LogP contribution is 2.37. The van der Waals surface area contributed by atoms with E-state index in [1.165, 1.54) is 108 Å². The van der Waals surface area contributed by atoms with Gasteiger partial charge in [0.15, 0.2) is 12.4 Å². The topological polar surface area (TPSA) is 24.7 Å². The summed E-state index contributed by atoms with van der Waals surface area (Å²) in [5, 5.41) is 0. The van der Waals surface area contributed by atoms with Crippen molar-refractivity contribution < 1.29 is 0 Å². The molecule has 1 aliphatic heterocycles. The summed E-state index contributed by atoms with van der Waals surface area (Å²) >= 11 is 0. The first-order valence-corrected chi connectivity index (χ1v) is 13.8. The van der Waals surface area contributed by atoms with Crippen molar-refractivity contribution in [2.24, 2.45) is 21.8 Å². The third kappa shape index (κ3) is 11.3. The Kier molecular flexibility index (Phi) is 14.9. The van der Waals surface area contributed by atoms with Gasteiger partial charge in [-0.05, 0) is 30.7 Å². The SMILES string of the molecule is CCCCCCCCCC(Cc1ccccc1)C(CCCCCCCCC)[C+]1N=CC=N1. The minimum atomic E-state index is 0.501. The summed E-state index contributed by atoms with van der Waals surface area (Å²) in [4.78, 5) is 9.37. The summed E-state index contributed by atoms with van der Waals surface area (Å²) < 4.78 is 0. The summed E-state index contributed by atoms with van der Waals surface area (Å²) in [6.45, 7) is 4.59. The fraction of sp³-hybridized carbons (Fsp3) is 0.700. The van der Waals surface area contributed by atoms with Crippen LogP contribution in [0.4, 0.5) is 0 Å². The molecule has 1 heterocycles. The molecule has 0 saturated carbocycles. The second-order valence-electron chi connectivity index (χ2n) is 9.79. The van der Waals surface area contributed by atoms with Crippen LogP contribution >= 0.6 is 0 Å². The van der Waals surface area contributed by atoms with Crippen LogP contribution in [0.1, 0.15) is 122 Å². The summed E-state index contributed by atoms with van der Waals surface area (Å²) in [6, 6.07) is 11.1. The van der Waals surface area contributed by atoms with Gasteiger partial charge in [0.25, 0.3) is 0 Å². The first-order valence-electron chi connectivity index (χ1n) is 13.8. The van der Waals surface area contributed by atoms with Crippen LogP contribution in [0.25, 0.3) is 0 Å². The lowest BCUT2D eigenvalue weighted by atomic mass is 9.78. The Labute approximate surface area is 199 Å². The molecule has 178 valence electrons. The van der Waals surface area contributed by atoms with Crippen LogP contribution in [-0.4, -0.2) is 12.4 Å². The molecule has 0 amide bonds. The Balaban J connectivity index is 1.90. The Bertz CT molecular complexity index is 595. The van der Waals surface area contributed by atoms with Gasteiger partial charge >= 0.3 is 0 Å². The molecule has 0 spiro atoms.